The summed E-state index contributed by atoms with van der Waals surface area (Å²) < 4.78 is 1.94. The lowest BCUT2D eigenvalue weighted by molar-refractivity contribution is 0.0991. The first-order chi connectivity index (χ1) is 13.6. The van der Waals surface area contributed by atoms with Crippen molar-refractivity contribution in [3.05, 3.63) is 66.7 Å². The first-order valence-corrected chi connectivity index (χ1v) is 8.78. The average Bonchev–Trinajstić information content (AvgIpc) is 3.29. The monoisotopic (exact) mass is 368 g/mol. The van der Waals surface area contributed by atoms with Gasteiger partial charge in [0.05, 0.1) is 16.7 Å². The van der Waals surface area contributed by atoms with Crippen LogP contribution in [0.4, 0.5) is 0 Å². The molecule has 0 aliphatic rings. The van der Waals surface area contributed by atoms with Crippen LogP contribution >= 0.6 is 0 Å². The number of H-pyrrole nitrogens is 1. The summed E-state index contributed by atoms with van der Waals surface area (Å²) in [5, 5.41) is 4.43. The van der Waals surface area contributed by atoms with Gasteiger partial charge in [-0.1, -0.05) is 30.3 Å². The first-order valence-electron chi connectivity index (χ1n) is 8.78. The van der Waals surface area contributed by atoms with E-state index in [1.165, 1.54) is 0 Å². The number of carbonyl (C=O) groups excluding carboxylic acids is 1. The van der Waals surface area contributed by atoms with Gasteiger partial charge in [0.15, 0.2) is 0 Å². The summed E-state index contributed by atoms with van der Waals surface area (Å²) in [6.07, 6.45) is 3.52. The second-order valence-corrected chi connectivity index (χ2v) is 6.57. The van der Waals surface area contributed by atoms with E-state index >= 15 is 0 Å². The van der Waals surface area contributed by atoms with Gasteiger partial charge in [-0.2, -0.15) is 0 Å². The molecule has 0 unspecified atom stereocenters. The molecule has 7 heteroatoms. The zero-order chi connectivity index (χ0) is 19.3. The fraction of sp³-hybridized carbons (Fsp3) is 0.0476. The average molecular weight is 368 g/mol. The number of fused-ring (bicyclic) bond motifs is 2. The molecule has 0 aliphatic heterocycles. The van der Waals surface area contributed by atoms with Crippen LogP contribution < -0.4 is 5.73 Å². The van der Waals surface area contributed by atoms with Gasteiger partial charge in [-0.05, 0) is 23.8 Å². The molecular weight excluding hydrogens is 352 g/mol. The Morgan fingerprint density at radius 2 is 1.79 bits per heavy atom. The van der Waals surface area contributed by atoms with Gasteiger partial charge in [-0.3, -0.25) is 19.6 Å². The summed E-state index contributed by atoms with van der Waals surface area (Å²) in [5.74, 6) is -0.614. The number of amides is 1. The molecule has 0 spiro atoms. The topological polar surface area (TPSA) is 102 Å². The summed E-state index contributed by atoms with van der Waals surface area (Å²) in [6, 6.07) is 15.8. The van der Waals surface area contributed by atoms with E-state index in [1.54, 1.807) is 12.4 Å². The highest BCUT2D eigenvalue weighted by molar-refractivity contribution is 6.15. The van der Waals surface area contributed by atoms with Crippen molar-refractivity contribution in [2.45, 2.75) is 0 Å². The molecule has 3 heterocycles. The van der Waals surface area contributed by atoms with E-state index in [4.69, 9.17) is 5.73 Å². The Hall–Kier alpha value is -4.00. The number of hydrogen-bond acceptors (Lipinski definition) is 4. The van der Waals surface area contributed by atoms with Crippen LogP contribution in [0.15, 0.2) is 60.9 Å². The third-order valence-corrected chi connectivity index (χ3v) is 4.85. The van der Waals surface area contributed by atoms with Crippen LogP contribution in [0.25, 0.3) is 44.3 Å². The lowest BCUT2D eigenvalue weighted by atomic mass is 9.96. The fourth-order valence-electron chi connectivity index (χ4n) is 3.61. The zero-order valence-corrected chi connectivity index (χ0v) is 15.0. The van der Waals surface area contributed by atoms with Gasteiger partial charge in [-0.15, -0.1) is 0 Å². The second kappa shape index (κ2) is 6.02. The number of nitrogens with one attached hydrogen (secondary N) is 1. The smallest absolute Gasteiger partial charge is 0.286 e. The number of aromatic nitrogens is 5. The molecule has 5 aromatic rings. The normalized spacial score (nSPS) is 11.3. The number of imidazole rings is 1. The molecule has 1 amide bonds. The Morgan fingerprint density at radius 1 is 1.04 bits per heavy atom. The third kappa shape index (κ3) is 2.37. The second-order valence-electron chi connectivity index (χ2n) is 6.57. The van der Waals surface area contributed by atoms with Gasteiger partial charge < -0.3 is 5.73 Å². The Morgan fingerprint density at radius 3 is 2.50 bits per heavy atom. The molecule has 136 valence electrons. The number of nitrogens with zero attached hydrogens (tertiary/aromatic N) is 4. The molecule has 3 aromatic heterocycles. The number of aryl methyl sites for hydroxylation is 1. The molecule has 0 saturated carbocycles. The summed E-state index contributed by atoms with van der Waals surface area (Å²) in [5.41, 5.74) is 11.5. The van der Waals surface area contributed by atoms with Crippen molar-refractivity contribution < 1.29 is 4.79 Å². The van der Waals surface area contributed by atoms with Gasteiger partial charge in [0.1, 0.15) is 5.52 Å². The van der Waals surface area contributed by atoms with Crippen LogP contribution in [0.1, 0.15) is 10.6 Å². The maximum Gasteiger partial charge on any atom is 0.286 e. The Kier molecular flexibility index (Phi) is 3.48. The molecule has 0 radical (unpaired) electrons. The highest BCUT2D eigenvalue weighted by atomic mass is 16.1. The van der Waals surface area contributed by atoms with Crippen molar-refractivity contribution in [1.29, 1.82) is 0 Å². The molecule has 0 atom stereocenters. The number of nitrogens with two attached hydrogens (primary N) is 1. The molecule has 0 aliphatic carbocycles. The maximum atomic E-state index is 11.7. The van der Waals surface area contributed by atoms with Crippen molar-refractivity contribution in [2.24, 2.45) is 12.8 Å². The number of primary amides is 1. The minimum absolute atomic E-state index is 0.0249. The van der Waals surface area contributed by atoms with Crippen molar-refractivity contribution in [3.63, 3.8) is 0 Å². The van der Waals surface area contributed by atoms with E-state index in [0.717, 1.165) is 33.3 Å². The van der Waals surface area contributed by atoms with Crippen LogP contribution in [-0.4, -0.2) is 30.6 Å². The van der Waals surface area contributed by atoms with E-state index < -0.39 is 5.91 Å². The lowest BCUT2D eigenvalue weighted by Gasteiger charge is -2.07. The van der Waals surface area contributed by atoms with Gasteiger partial charge in [0.2, 0.25) is 5.82 Å². The van der Waals surface area contributed by atoms with Crippen molar-refractivity contribution in [2.75, 3.05) is 0 Å². The van der Waals surface area contributed by atoms with Crippen LogP contribution in [0, 0.1) is 0 Å². The Bertz CT molecular complexity index is 1340. The molecule has 3 N–H and O–H groups in total. The van der Waals surface area contributed by atoms with Crippen LogP contribution in [0.2, 0.25) is 0 Å². The van der Waals surface area contributed by atoms with Gasteiger partial charge >= 0.3 is 0 Å². The number of aromatic amines is 1. The van der Waals surface area contributed by atoms with Crippen molar-refractivity contribution >= 4 is 27.8 Å². The zero-order valence-electron chi connectivity index (χ0n) is 15.0. The quantitative estimate of drug-likeness (QED) is 0.510. The van der Waals surface area contributed by atoms with E-state index in [-0.39, 0.29) is 5.82 Å². The van der Waals surface area contributed by atoms with E-state index in [1.807, 2.05) is 60.3 Å². The molecule has 2 aromatic carbocycles. The van der Waals surface area contributed by atoms with Crippen LogP contribution in [0.5, 0.6) is 0 Å². The van der Waals surface area contributed by atoms with Crippen LogP contribution in [0.3, 0.4) is 0 Å². The largest absolute Gasteiger partial charge is 0.363 e. The van der Waals surface area contributed by atoms with E-state index in [2.05, 4.69) is 20.1 Å². The van der Waals surface area contributed by atoms with Crippen molar-refractivity contribution in [1.82, 2.24) is 24.7 Å². The number of carbonyl (C=O) groups is 1. The number of rotatable bonds is 3. The highest BCUT2D eigenvalue weighted by Gasteiger charge is 2.21. The predicted molar refractivity (Wildman–Crippen MR) is 108 cm³/mol. The molecular formula is C21H16N6O. The number of benzene rings is 2. The summed E-state index contributed by atoms with van der Waals surface area (Å²) >= 11 is 0. The third-order valence-electron chi connectivity index (χ3n) is 4.85. The fourth-order valence-corrected chi connectivity index (χ4v) is 3.61. The van der Waals surface area contributed by atoms with Gasteiger partial charge in [-0.25, -0.2) is 9.97 Å². The Balaban J connectivity index is 1.98. The summed E-state index contributed by atoms with van der Waals surface area (Å²) in [7, 11) is 1.94. The summed E-state index contributed by atoms with van der Waals surface area (Å²) in [4.78, 5) is 24.6. The predicted octanol–water partition coefficient (Wildman–Crippen LogP) is 3.28. The molecule has 28 heavy (non-hydrogen) atoms. The maximum absolute atomic E-state index is 11.7. The lowest BCUT2D eigenvalue weighted by Crippen LogP contribution is -2.12. The van der Waals surface area contributed by atoms with Gasteiger partial charge in [0.25, 0.3) is 5.91 Å². The SMILES string of the molecule is Cn1[nH]c(-c2ccncc2)c2c(-c3ccccc3)c3nc(C(N)=O)nc3cc21. The van der Waals surface area contributed by atoms with Crippen molar-refractivity contribution in [3.8, 4) is 22.4 Å². The van der Waals surface area contributed by atoms with E-state index in [9.17, 15) is 4.79 Å². The van der Waals surface area contributed by atoms with Gasteiger partial charge in [0, 0.05) is 36.0 Å². The molecule has 0 fully saturated rings. The standard InChI is InChI=1S/C21H16N6O/c1-27-15-11-14-19(25-21(24-14)20(22)28)16(12-5-3-2-4-6-12)17(15)18(26-27)13-7-9-23-10-8-13/h2-11,26H,1H3,(H2,22,28). The molecule has 7 nitrogen and oxygen atoms in total. The minimum atomic E-state index is -0.639. The first kappa shape index (κ1) is 16.2. The Labute approximate surface area is 159 Å². The molecule has 0 bridgehead atoms. The van der Waals surface area contributed by atoms with E-state index in [0.29, 0.717) is 11.0 Å². The number of pyridine rings is 1. The van der Waals surface area contributed by atoms with Crippen LogP contribution in [-0.2, 0) is 7.05 Å². The molecule has 0 saturated heterocycles. The minimum Gasteiger partial charge on any atom is -0.363 e. The highest BCUT2D eigenvalue weighted by Crippen LogP contribution is 2.40. The molecule has 5 rings (SSSR count). The number of hydrogen-bond donors (Lipinski definition) is 2. The summed E-state index contributed by atoms with van der Waals surface area (Å²) in [6.45, 7) is 0.